The molecular weight excluding hydrogens is 224 g/mol. The topological polar surface area (TPSA) is 29.5 Å². The van der Waals surface area contributed by atoms with Crippen molar-refractivity contribution in [1.29, 1.82) is 0 Å². The van der Waals surface area contributed by atoms with Crippen LogP contribution in [-0.4, -0.2) is 23.9 Å². The molecule has 0 heterocycles. The van der Waals surface area contributed by atoms with Crippen molar-refractivity contribution in [3.63, 3.8) is 0 Å². The normalized spacial score (nSPS) is 34.7. The molecule has 0 aliphatic heterocycles. The van der Waals surface area contributed by atoms with E-state index in [9.17, 15) is 5.11 Å². The van der Waals surface area contributed by atoms with Crippen LogP contribution in [0.4, 0.5) is 0 Å². The third kappa shape index (κ3) is 3.48. The molecule has 0 aromatic rings. The number of aliphatic hydroxyl groups is 1. The van der Waals surface area contributed by atoms with Gasteiger partial charge in [0.25, 0.3) is 0 Å². The zero-order chi connectivity index (χ0) is 12.8. The molecule has 2 aliphatic rings. The van der Waals surface area contributed by atoms with Gasteiger partial charge in [0.2, 0.25) is 0 Å². The van der Waals surface area contributed by atoms with Gasteiger partial charge in [0.05, 0.1) is 12.2 Å². The molecule has 106 valence electrons. The van der Waals surface area contributed by atoms with E-state index in [0.29, 0.717) is 12.5 Å². The first-order valence-electron chi connectivity index (χ1n) is 8.06. The Bertz CT molecular complexity index is 235. The van der Waals surface area contributed by atoms with Crippen molar-refractivity contribution in [3.8, 4) is 0 Å². The van der Waals surface area contributed by atoms with Gasteiger partial charge in [0.15, 0.2) is 0 Å². The maximum Gasteiger partial charge on any atom is 0.0910 e. The highest BCUT2D eigenvalue weighted by Gasteiger charge is 2.43. The van der Waals surface area contributed by atoms with Crippen molar-refractivity contribution >= 4 is 0 Å². The van der Waals surface area contributed by atoms with Crippen LogP contribution in [0.5, 0.6) is 0 Å². The number of hydrogen-bond acceptors (Lipinski definition) is 2. The maximum absolute atomic E-state index is 11.0. The van der Waals surface area contributed by atoms with E-state index in [0.717, 1.165) is 25.4 Å². The summed E-state index contributed by atoms with van der Waals surface area (Å²) in [6, 6.07) is 0. The molecule has 2 nitrogen and oxygen atoms in total. The van der Waals surface area contributed by atoms with Gasteiger partial charge in [-0.25, -0.2) is 0 Å². The van der Waals surface area contributed by atoms with E-state index >= 15 is 0 Å². The molecule has 1 N–H and O–H groups in total. The molecule has 2 unspecified atom stereocenters. The second kappa shape index (κ2) is 6.91. The summed E-state index contributed by atoms with van der Waals surface area (Å²) in [6.45, 7) is 3.49. The van der Waals surface area contributed by atoms with Crippen molar-refractivity contribution in [2.75, 3.05) is 13.2 Å². The van der Waals surface area contributed by atoms with Crippen molar-refractivity contribution in [2.24, 2.45) is 11.8 Å². The molecule has 2 fully saturated rings. The van der Waals surface area contributed by atoms with Gasteiger partial charge in [-0.3, -0.25) is 0 Å². The average molecular weight is 254 g/mol. The standard InChI is InChI=1S/C16H30O2/c1-2-12-18-13-16(17)11-7-6-10-15(16)14-8-4-3-5-9-14/h14-15,17H,2-13H2,1H3. The highest BCUT2D eigenvalue weighted by Crippen LogP contribution is 2.43. The van der Waals surface area contributed by atoms with Crippen LogP contribution in [0.2, 0.25) is 0 Å². The molecule has 0 bridgehead atoms. The first kappa shape index (κ1) is 14.3. The summed E-state index contributed by atoms with van der Waals surface area (Å²) in [7, 11) is 0. The van der Waals surface area contributed by atoms with Crippen LogP contribution in [0.3, 0.4) is 0 Å². The lowest BCUT2D eigenvalue weighted by Gasteiger charge is -2.45. The predicted octanol–water partition coefficient (Wildman–Crippen LogP) is 3.91. The Kier molecular flexibility index (Phi) is 5.50. The minimum Gasteiger partial charge on any atom is -0.387 e. The number of hydrogen-bond donors (Lipinski definition) is 1. The van der Waals surface area contributed by atoms with Crippen LogP contribution >= 0.6 is 0 Å². The molecule has 2 aliphatic carbocycles. The van der Waals surface area contributed by atoms with Gasteiger partial charge >= 0.3 is 0 Å². The first-order chi connectivity index (χ1) is 8.76. The van der Waals surface area contributed by atoms with E-state index in [-0.39, 0.29) is 0 Å². The second-order valence-corrected chi connectivity index (χ2v) is 6.41. The summed E-state index contributed by atoms with van der Waals surface area (Å²) in [4.78, 5) is 0. The lowest BCUT2D eigenvalue weighted by Crippen LogP contribution is -2.48. The zero-order valence-electron chi connectivity index (χ0n) is 12.0. The molecule has 2 atom stereocenters. The van der Waals surface area contributed by atoms with E-state index in [1.807, 2.05) is 0 Å². The largest absolute Gasteiger partial charge is 0.387 e. The lowest BCUT2D eigenvalue weighted by molar-refractivity contribution is -0.124. The van der Waals surface area contributed by atoms with E-state index < -0.39 is 5.60 Å². The molecule has 18 heavy (non-hydrogen) atoms. The smallest absolute Gasteiger partial charge is 0.0910 e. The van der Waals surface area contributed by atoms with Crippen molar-refractivity contribution in [2.45, 2.75) is 76.7 Å². The fourth-order valence-corrected chi connectivity index (χ4v) is 4.03. The molecule has 2 heteroatoms. The van der Waals surface area contributed by atoms with Crippen LogP contribution in [-0.2, 0) is 4.74 Å². The summed E-state index contributed by atoms with van der Waals surface area (Å²) in [5.41, 5.74) is -0.518. The molecule has 0 aromatic heterocycles. The minimum atomic E-state index is -0.518. The van der Waals surface area contributed by atoms with Gasteiger partial charge in [-0.15, -0.1) is 0 Å². The summed E-state index contributed by atoms with van der Waals surface area (Å²) in [5.74, 6) is 1.26. The van der Waals surface area contributed by atoms with Gasteiger partial charge in [-0.05, 0) is 31.1 Å². The van der Waals surface area contributed by atoms with Gasteiger partial charge in [-0.1, -0.05) is 51.9 Å². The van der Waals surface area contributed by atoms with Crippen LogP contribution in [0, 0.1) is 11.8 Å². The third-order valence-corrected chi connectivity index (χ3v) is 4.98. The quantitative estimate of drug-likeness (QED) is 0.754. The molecule has 2 rings (SSSR count). The molecule has 0 spiro atoms. The maximum atomic E-state index is 11.0. The third-order valence-electron chi connectivity index (χ3n) is 4.98. The molecule has 0 saturated heterocycles. The first-order valence-corrected chi connectivity index (χ1v) is 8.06. The Labute approximate surface area is 112 Å². The predicted molar refractivity (Wildman–Crippen MR) is 74.6 cm³/mol. The zero-order valence-corrected chi connectivity index (χ0v) is 12.0. The van der Waals surface area contributed by atoms with Crippen molar-refractivity contribution < 1.29 is 9.84 Å². The summed E-state index contributed by atoms with van der Waals surface area (Å²) in [5, 5.41) is 11.0. The highest BCUT2D eigenvalue weighted by molar-refractivity contribution is 4.94. The van der Waals surface area contributed by atoms with Crippen molar-refractivity contribution in [1.82, 2.24) is 0 Å². The van der Waals surface area contributed by atoms with Crippen LogP contribution < -0.4 is 0 Å². The molecular formula is C16H30O2. The fourth-order valence-electron chi connectivity index (χ4n) is 4.03. The Morgan fingerprint density at radius 2 is 1.78 bits per heavy atom. The van der Waals surface area contributed by atoms with E-state index in [1.165, 1.54) is 51.4 Å². The van der Waals surface area contributed by atoms with Crippen LogP contribution in [0.15, 0.2) is 0 Å². The monoisotopic (exact) mass is 254 g/mol. The Morgan fingerprint density at radius 3 is 2.50 bits per heavy atom. The summed E-state index contributed by atoms with van der Waals surface area (Å²) in [6.07, 6.45) is 12.5. The van der Waals surface area contributed by atoms with Crippen LogP contribution in [0.25, 0.3) is 0 Å². The Morgan fingerprint density at radius 1 is 1.06 bits per heavy atom. The summed E-state index contributed by atoms with van der Waals surface area (Å²) >= 11 is 0. The summed E-state index contributed by atoms with van der Waals surface area (Å²) < 4.78 is 5.70. The number of rotatable bonds is 5. The van der Waals surface area contributed by atoms with E-state index in [1.54, 1.807) is 0 Å². The molecule has 0 amide bonds. The highest BCUT2D eigenvalue weighted by atomic mass is 16.5. The molecule has 2 saturated carbocycles. The van der Waals surface area contributed by atoms with Crippen molar-refractivity contribution in [3.05, 3.63) is 0 Å². The SMILES string of the molecule is CCCOCC1(O)CCCCC1C1CCCCC1. The Hall–Kier alpha value is -0.0800. The van der Waals surface area contributed by atoms with Gasteiger partial charge in [0.1, 0.15) is 0 Å². The molecule has 0 aromatic carbocycles. The van der Waals surface area contributed by atoms with Gasteiger partial charge in [-0.2, -0.15) is 0 Å². The minimum absolute atomic E-state index is 0.503. The van der Waals surface area contributed by atoms with Gasteiger partial charge in [0, 0.05) is 6.61 Å². The second-order valence-electron chi connectivity index (χ2n) is 6.41. The Balaban J connectivity index is 1.94. The number of ether oxygens (including phenoxy) is 1. The van der Waals surface area contributed by atoms with E-state index in [2.05, 4.69) is 6.92 Å². The molecule has 0 radical (unpaired) electrons. The van der Waals surface area contributed by atoms with E-state index in [4.69, 9.17) is 4.74 Å². The fraction of sp³-hybridized carbons (Fsp3) is 1.00. The average Bonchev–Trinajstić information content (AvgIpc) is 2.40. The van der Waals surface area contributed by atoms with Crippen LogP contribution in [0.1, 0.15) is 71.1 Å². The lowest BCUT2D eigenvalue weighted by atomic mass is 9.66. The van der Waals surface area contributed by atoms with Gasteiger partial charge < -0.3 is 9.84 Å².